The highest BCUT2D eigenvalue weighted by Crippen LogP contribution is 2.41. The van der Waals surface area contributed by atoms with Gasteiger partial charge < -0.3 is 5.73 Å². The number of nitrogens with two attached hydrogens (primary N) is 1. The zero-order chi connectivity index (χ0) is 12.0. The number of hydrogen-bond donors (Lipinski definition) is 1. The van der Waals surface area contributed by atoms with E-state index in [0.717, 1.165) is 24.2 Å². The monoisotopic (exact) mass is 229 g/mol. The SMILES string of the molecule is Cn1c(C2CC2)c(N)c(=O)n1-c1ccccc1. The van der Waals surface area contributed by atoms with Crippen LogP contribution in [0.5, 0.6) is 0 Å². The van der Waals surface area contributed by atoms with E-state index in [1.807, 2.05) is 42.1 Å². The molecule has 0 spiro atoms. The van der Waals surface area contributed by atoms with Gasteiger partial charge in [-0.05, 0) is 25.0 Å². The highest BCUT2D eigenvalue weighted by atomic mass is 16.1. The molecule has 0 aliphatic heterocycles. The molecule has 0 bridgehead atoms. The maximum Gasteiger partial charge on any atom is 0.294 e. The summed E-state index contributed by atoms with van der Waals surface area (Å²) in [6, 6.07) is 9.60. The highest BCUT2D eigenvalue weighted by molar-refractivity contribution is 5.48. The molecule has 0 atom stereocenters. The Hall–Kier alpha value is -1.97. The van der Waals surface area contributed by atoms with Crippen molar-refractivity contribution in [2.45, 2.75) is 18.8 Å². The van der Waals surface area contributed by atoms with Crippen LogP contribution in [0, 0.1) is 0 Å². The van der Waals surface area contributed by atoms with Crippen molar-refractivity contribution in [2.24, 2.45) is 7.05 Å². The molecule has 2 aromatic rings. The average Bonchev–Trinajstić information content (AvgIpc) is 3.12. The summed E-state index contributed by atoms with van der Waals surface area (Å²) >= 11 is 0. The van der Waals surface area contributed by atoms with Gasteiger partial charge in [-0.15, -0.1) is 0 Å². The molecular formula is C13H15N3O. The summed E-state index contributed by atoms with van der Waals surface area (Å²) in [4.78, 5) is 12.2. The van der Waals surface area contributed by atoms with E-state index in [9.17, 15) is 4.79 Å². The van der Waals surface area contributed by atoms with Gasteiger partial charge in [0, 0.05) is 13.0 Å². The third-order valence-electron chi connectivity index (χ3n) is 3.31. The second-order valence-electron chi connectivity index (χ2n) is 4.55. The predicted molar refractivity (Wildman–Crippen MR) is 67.4 cm³/mol. The van der Waals surface area contributed by atoms with Crippen molar-refractivity contribution in [1.29, 1.82) is 0 Å². The molecule has 1 aliphatic rings. The minimum absolute atomic E-state index is 0.111. The lowest BCUT2D eigenvalue weighted by molar-refractivity contribution is 0.616. The van der Waals surface area contributed by atoms with Gasteiger partial charge in [-0.1, -0.05) is 18.2 Å². The minimum Gasteiger partial charge on any atom is -0.393 e. The predicted octanol–water partition coefficient (Wildman–Crippen LogP) is 1.64. The lowest BCUT2D eigenvalue weighted by Gasteiger charge is -2.09. The Morgan fingerprint density at radius 1 is 1.24 bits per heavy atom. The van der Waals surface area contributed by atoms with Crippen LogP contribution in [0.2, 0.25) is 0 Å². The van der Waals surface area contributed by atoms with Gasteiger partial charge >= 0.3 is 0 Å². The fraction of sp³-hybridized carbons (Fsp3) is 0.308. The summed E-state index contributed by atoms with van der Waals surface area (Å²) in [6.45, 7) is 0. The summed E-state index contributed by atoms with van der Waals surface area (Å²) in [6.07, 6.45) is 2.27. The number of benzene rings is 1. The maximum atomic E-state index is 12.2. The number of anilines is 1. The van der Waals surface area contributed by atoms with Crippen LogP contribution >= 0.6 is 0 Å². The average molecular weight is 229 g/mol. The number of nitrogens with zero attached hydrogens (tertiary/aromatic N) is 2. The first-order valence-corrected chi connectivity index (χ1v) is 5.83. The molecule has 2 N–H and O–H groups in total. The number of hydrogen-bond acceptors (Lipinski definition) is 2. The highest BCUT2D eigenvalue weighted by Gasteiger charge is 2.31. The first-order chi connectivity index (χ1) is 8.20. The van der Waals surface area contributed by atoms with E-state index in [0.29, 0.717) is 11.6 Å². The number of rotatable bonds is 2. The van der Waals surface area contributed by atoms with Gasteiger partial charge in [-0.2, -0.15) is 0 Å². The molecule has 0 radical (unpaired) electrons. The molecule has 1 aromatic heterocycles. The van der Waals surface area contributed by atoms with E-state index in [-0.39, 0.29) is 5.56 Å². The van der Waals surface area contributed by atoms with E-state index < -0.39 is 0 Å². The van der Waals surface area contributed by atoms with Crippen LogP contribution in [0.3, 0.4) is 0 Å². The Morgan fingerprint density at radius 2 is 1.88 bits per heavy atom. The van der Waals surface area contributed by atoms with Crippen LogP contribution in [0.15, 0.2) is 35.1 Å². The van der Waals surface area contributed by atoms with Gasteiger partial charge in [-0.3, -0.25) is 9.48 Å². The molecular weight excluding hydrogens is 214 g/mol. The van der Waals surface area contributed by atoms with E-state index >= 15 is 0 Å². The van der Waals surface area contributed by atoms with Gasteiger partial charge in [0.1, 0.15) is 5.69 Å². The van der Waals surface area contributed by atoms with Crippen LogP contribution in [-0.2, 0) is 7.05 Å². The summed E-state index contributed by atoms with van der Waals surface area (Å²) in [5.74, 6) is 0.470. The lowest BCUT2D eigenvalue weighted by atomic mass is 10.2. The van der Waals surface area contributed by atoms with E-state index in [1.54, 1.807) is 4.68 Å². The molecule has 4 heteroatoms. The summed E-state index contributed by atoms with van der Waals surface area (Å²) in [7, 11) is 1.90. The van der Waals surface area contributed by atoms with Crippen molar-refractivity contribution in [3.63, 3.8) is 0 Å². The fourth-order valence-electron chi connectivity index (χ4n) is 2.34. The number of para-hydroxylation sites is 1. The quantitative estimate of drug-likeness (QED) is 0.851. The first kappa shape index (κ1) is 10.2. The van der Waals surface area contributed by atoms with Crippen molar-refractivity contribution in [1.82, 2.24) is 9.36 Å². The van der Waals surface area contributed by atoms with Crippen molar-refractivity contribution in [2.75, 3.05) is 5.73 Å². The smallest absolute Gasteiger partial charge is 0.294 e. The molecule has 3 rings (SSSR count). The molecule has 1 aromatic carbocycles. The Balaban J connectivity index is 2.24. The largest absolute Gasteiger partial charge is 0.393 e. The van der Waals surface area contributed by atoms with Crippen LogP contribution < -0.4 is 11.3 Å². The van der Waals surface area contributed by atoms with Gasteiger partial charge in [0.2, 0.25) is 0 Å². The fourth-order valence-corrected chi connectivity index (χ4v) is 2.34. The van der Waals surface area contributed by atoms with Crippen molar-refractivity contribution < 1.29 is 0 Å². The van der Waals surface area contributed by atoms with Crippen molar-refractivity contribution in [3.05, 3.63) is 46.4 Å². The standard InChI is InChI=1S/C13H15N3O/c1-15-12(9-7-8-9)11(14)13(17)16(15)10-5-3-2-4-6-10/h2-6,9H,7-8,14H2,1H3. The summed E-state index contributed by atoms with van der Waals surface area (Å²) in [5, 5.41) is 0. The Kier molecular flexibility index (Phi) is 2.11. The number of aromatic nitrogens is 2. The van der Waals surface area contributed by atoms with Gasteiger partial charge in [-0.25, -0.2) is 4.68 Å². The van der Waals surface area contributed by atoms with Gasteiger partial charge in [0.25, 0.3) is 5.56 Å². The second-order valence-corrected chi connectivity index (χ2v) is 4.55. The molecule has 4 nitrogen and oxygen atoms in total. The summed E-state index contributed by atoms with van der Waals surface area (Å²) < 4.78 is 3.54. The minimum atomic E-state index is -0.111. The van der Waals surface area contributed by atoms with Crippen LogP contribution in [0.25, 0.3) is 5.69 Å². The Morgan fingerprint density at radius 3 is 2.47 bits per heavy atom. The van der Waals surface area contributed by atoms with Crippen molar-refractivity contribution >= 4 is 5.69 Å². The van der Waals surface area contributed by atoms with Gasteiger partial charge in [0.15, 0.2) is 0 Å². The third kappa shape index (κ3) is 1.48. The molecule has 1 fully saturated rings. The molecule has 1 saturated carbocycles. The normalized spacial score (nSPS) is 15.1. The van der Waals surface area contributed by atoms with E-state index in [1.165, 1.54) is 0 Å². The molecule has 1 aliphatic carbocycles. The molecule has 0 unspecified atom stereocenters. The van der Waals surface area contributed by atoms with Gasteiger partial charge in [0.05, 0.1) is 11.4 Å². The molecule has 0 saturated heterocycles. The van der Waals surface area contributed by atoms with Crippen LogP contribution in [0.4, 0.5) is 5.69 Å². The Bertz CT molecular complexity index is 606. The number of nitrogen functional groups attached to an aromatic ring is 1. The van der Waals surface area contributed by atoms with E-state index in [4.69, 9.17) is 5.73 Å². The zero-order valence-electron chi connectivity index (χ0n) is 9.76. The molecule has 0 amide bonds. The summed E-state index contributed by atoms with van der Waals surface area (Å²) in [5.41, 5.74) is 8.06. The topological polar surface area (TPSA) is 52.9 Å². The first-order valence-electron chi connectivity index (χ1n) is 5.83. The maximum absolute atomic E-state index is 12.2. The molecule has 17 heavy (non-hydrogen) atoms. The Labute approximate surface area is 99.3 Å². The zero-order valence-corrected chi connectivity index (χ0v) is 9.76. The third-order valence-corrected chi connectivity index (χ3v) is 3.31. The molecule has 1 heterocycles. The van der Waals surface area contributed by atoms with Crippen molar-refractivity contribution in [3.8, 4) is 5.69 Å². The van der Waals surface area contributed by atoms with Crippen LogP contribution in [0.1, 0.15) is 24.5 Å². The lowest BCUT2D eigenvalue weighted by Crippen LogP contribution is -2.20. The molecule has 88 valence electrons. The second kappa shape index (κ2) is 3.52. The van der Waals surface area contributed by atoms with E-state index in [2.05, 4.69) is 0 Å². The van der Waals surface area contributed by atoms with Crippen LogP contribution in [-0.4, -0.2) is 9.36 Å².